The molecule has 0 saturated carbocycles. The predicted molar refractivity (Wildman–Crippen MR) is 314 cm³/mol. The molecule has 1 saturated heterocycles. The van der Waals surface area contributed by atoms with E-state index in [0.717, 1.165) is 51.3 Å². The molecule has 5 aromatic rings. The molecular weight excluding hydrogens is 995 g/mol. The Bertz CT molecular complexity index is 2600. The highest BCUT2D eigenvalue weighted by Crippen LogP contribution is 2.30. The van der Waals surface area contributed by atoms with Crippen molar-refractivity contribution in [3.63, 3.8) is 0 Å². The number of hydrogen-bond donors (Lipinski definition) is 0. The number of nitro benzene ring substituents is 1. The van der Waals surface area contributed by atoms with Crippen LogP contribution in [0.4, 0.5) is 22.7 Å². The van der Waals surface area contributed by atoms with Gasteiger partial charge in [-0.05, 0) is 129 Å². The number of carbonyl (C=O) groups excluding carboxylic acids is 3. The van der Waals surface area contributed by atoms with Crippen molar-refractivity contribution in [1.82, 2.24) is 4.90 Å². The van der Waals surface area contributed by atoms with Gasteiger partial charge in [0.1, 0.15) is 28.6 Å². The molecule has 79 heavy (non-hydrogen) atoms. The fraction of sp³-hybridized carbons (Fsp3) is 0.492. The Morgan fingerprint density at radius 1 is 0.456 bits per heavy atom. The summed E-state index contributed by atoms with van der Waals surface area (Å²) >= 11 is 0. The van der Waals surface area contributed by atoms with E-state index >= 15 is 0 Å². The largest absolute Gasteiger partial charge is 0.494 e. The molecule has 0 bridgehead atoms. The maximum atomic E-state index is 13.2. The molecule has 6 rings (SSSR count). The van der Waals surface area contributed by atoms with Crippen molar-refractivity contribution in [2.75, 3.05) is 44.2 Å². The standard InChI is InChI=1S/C65H85N5O9/c1-3-5-7-9-11-13-15-17-19-21-23-25-45-68-46-48-69(49-47-68)56-34-31-54(32-35-56)66-67-55-33-44-61(62(51-55)70(74)75)65(73)79-60-42-40-59(41-43-60)78-64(72)53-29-38-58(39-30-53)77-63(71)52-27-36-57(37-28-52)76-50-26-24-22-20-18-16-14-12-10-8-6-4-2/h27-44,51H,3-26,45-50H2,1-2H3. The van der Waals surface area contributed by atoms with E-state index in [2.05, 4.69) is 33.9 Å². The van der Waals surface area contributed by atoms with Gasteiger partial charge in [-0.25, -0.2) is 14.4 Å². The number of hydrogen-bond acceptors (Lipinski definition) is 13. The van der Waals surface area contributed by atoms with Crippen molar-refractivity contribution < 1.29 is 38.3 Å². The van der Waals surface area contributed by atoms with Crippen LogP contribution in [-0.4, -0.2) is 67.1 Å². The fourth-order valence-electron chi connectivity index (χ4n) is 9.71. The molecule has 0 unspecified atom stereocenters. The number of nitro groups is 1. The molecule has 5 aromatic carbocycles. The topological polar surface area (TPSA) is 162 Å². The summed E-state index contributed by atoms with van der Waals surface area (Å²) in [5, 5.41) is 20.6. The van der Waals surface area contributed by atoms with Crippen LogP contribution >= 0.6 is 0 Å². The van der Waals surface area contributed by atoms with Crippen LogP contribution in [0.1, 0.15) is 199 Å². The highest BCUT2D eigenvalue weighted by atomic mass is 16.6. The van der Waals surface area contributed by atoms with Crippen molar-refractivity contribution in [1.29, 1.82) is 0 Å². The molecular formula is C65H85N5O9. The molecule has 1 heterocycles. The molecule has 14 nitrogen and oxygen atoms in total. The van der Waals surface area contributed by atoms with E-state index in [-0.39, 0.29) is 34.1 Å². The molecule has 0 radical (unpaired) electrons. The highest BCUT2D eigenvalue weighted by molar-refractivity contribution is 5.96. The zero-order valence-electron chi connectivity index (χ0n) is 47.1. The molecule has 1 aliphatic heterocycles. The minimum Gasteiger partial charge on any atom is -0.494 e. The number of anilines is 1. The first-order valence-electron chi connectivity index (χ1n) is 29.6. The zero-order chi connectivity index (χ0) is 55.7. The van der Waals surface area contributed by atoms with E-state index in [1.165, 1.54) is 208 Å². The summed E-state index contributed by atoms with van der Waals surface area (Å²) in [7, 11) is 0. The molecule has 0 aromatic heterocycles. The SMILES string of the molecule is CCCCCCCCCCCCCCOc1ccc(C(=O)Oc2ccc(C(=O)Oc3ccc(OC(=O)c4ccc(N=Nc5ccc(N6CCN(CCCCCCCCCCCCCC)CC6)cc5)cc4[N+](=O)[O-])cc3)cc2)cc1. The lowest BCUT2D eigenvalue weighted by molar-refractivity contribution is -0.385. The maximum Gasteiger partial charge on any atom is 0.350 e. The zero-order valence-corrected chi connectivity index (χ0v) is 47.1. The van der Waals surface area contributed by atoms with Crippen LogP contribution in [-0.2, 0) is 0 Å². The Labute approximate surface area is 469 Å². The van der Waals surface area contributed by atoms with Crippen LogP contribution < -0.4 is 23.8 Å². The van der Waals surface area contributed by atoms with Gasteiger partial charge >= 0.3 is 17.9 Å². The van der Waals surface area contributed by atoms with Crippen LogP contribution in [0.2, 0.25) is 0 Å². The third-order valence-electron chi connectivity index (χ3n) is 14.5. The first-order chi connectivity index (χ1) is 38.7. The quantitative estimate of drug-likeness (QED) is 0.00929. The van der Waals surface area contributed by atoms with Gasteiger partial charge in [-0.15, -0.1) is 0 Å². The van der Waals surface area contributed by atoms with Crippen molar-refractivity contribution >= 4 is 40.7 Å². The van der Waals surface area contributed by atoms with E-state index in [0.29, 0.717) is 23.6 Å². The Hall–Kier alpha value is -6.93. The number of ether oxygens (including phenoxy) is 4. The van der Waals surface area contributed by atoms with Crippen LogP contribution in [0.15, 0.2) is 125 Å². The van der Waals surface area contributed by atoms with E-state index in [9.17, 15) is 24.5 Å². The predicted octanol–water partition coefficient (Wildman–Crippen LogP) is 17.6. The summed E-state index contributed by atoms with van der Waals surface area (Å²) in [6, 6.07) is 30.2. The lowest BCUT2D eigenvalue weighted by Gasteiger charge is -2.36. The lowest BCUT2D eigenvalue weighted by atomic mass is 10.1. The average Bonchev–Trinajstić information content (AvgIpc) is 3.51. The van der Waals surface area contributed by atoms with Crippen molar-refractivity contribution in [2.24, 2.45) is 10.2 Å². The molecule has 0 amide bonds. The Kier molecular flexibility index (Phi) is 27.6. The number of piperazine rings is 1. The van der Waals surface area contributed by atoms with Crippen molar-refractivity contribution in [3.05, 3.63) is 142 Å². The van der Waals surface area contributed by atoms with Gasteiger partial charge in [0.2, 0.25) is 0 Å². The second kappa shape index (κ2) is 35.6. The first kappa shape index (κ1) is 61.3. The van der Waals surface area contributed by atoms with Crippen LogP contribution in [0.3, 0.4) is 0 Å². The van der Waals surface area contributed by atoms with Crippen LogP contribution in [0.5, 0.6) is 23.0 Å². The Morgan fingerprint density at radius 2 is 0.848 bits per heavy atom. The van der Waals surface area contributed by atoms with Gasteiger partial charge in [0.15, 0.2) is 0 Å². The van der Waals surface area contributed by atoms with Crippen LogP contribution in [0.25, 0.3) is 0 Å². The monoisotopic (exact) mass is 1080 g/mol. The van der Waals surface area contributed by atoms with Crippen LogP contribution in [0, 0.1) is 10.1 Å². The molecule has 0 atom stereocenters. The van der Waals surface area contributed by atoms with E-state index in [4.69, 9.17) is 18.9 Å². The summed E-state index contributed by atoms with van der Waals surface area (Å²) in [5.41, 5.74) is 1.72. The van der Waals surface area contributed by atoms with Gasteiger partial charge in [0.25, 0.3) is 5.69 Å². The molecule has 14 heteroatoms. The fourth-order valence-corrected chi connectivity index (χ4v) is 9.71. The summed E-state index contributed by atoms with van der Waals surface area (Å²) in [4.78, 5) is 55.4. The molecule has 424 valence electrons. The second-order valence-electron chi connectivity index (χ2n) is 20.8. The van der Waals surface area contributed by atoms with E-state index < -0.39 is 28.5 Å². The highest BCUT2D eigenvalue weighted by Gasteiger charge is 2.24. The second-order valence-corrected chi connectivity index (χ2v) is 20.8. The Morgan fingerprint density at radius 3 is 1.32 bits per heavy atom. The number of nitrogens with zero attached hydrogens (tertiary/aromatic N) is 5. The Balaban J connectivity index is 0.860. The van der Waals surface area contributed by atoms with Gasteiger partial charge in [0.05, 0.1) is 34.0 Å². The molecule has 0 aliphatic carbocycles. The lowest BCUT2D eigenvalue weighted by Crippen LogP contribution is -2.46. The summed E-state index contributed by atoms with van der Waals surface area (Å²) in [5.74, 6) is -0.988. The van der Waals surface area contributed by atoms with Crippen molar-refractivity contribution in [3.8, 4) is 23.0 Å². The summed E-state index contributed by atoms with van der Waals surface area (Å²) in [6.07, 6.45) is 31.7. The van der Waals surface area contributed by atoms with Crippen molar-refractivity contribution in [2.45, 2.75) is 168 Å². The van der Waals surface area contributed by atoms with Gasteiger partial charge in [0, 0.05) is 37.9 Å². The minimum absolute atomic E-state index is 0.0751. The van der Waals surface area contributed by atoms with E-state index in [1.807, 2.05) is 24.3 Å². The van der Waals surface area contributed by atoms with E-state index in [1.54, 1.807) is 24.3 Å². The number of carbonyl (C=O) groups is 3. The minimum atomic E-state index is -0.951. The molecule has 1 fully saturated rings. The summed E-state index contributed by atoms with van der Waals surface area (Å²) in [6.45, 7) is 10.3. The van der Waals surface area contributed by atoms with Gasteiger partial charge < -0.3 is 23.8 Å². The number of azo groups is 1. The molecule has 0 N–H and O–H groups in total. The molecule has 0 spiro atoms. The first-order valence-corrected chi connectivity index (χ1v) is 29.6. The third-order valence-corrected chi connectivity index (χ3v) is 14.5. The van der Waals surface area contributed by atoms with Gasteiger partial charge in [-0.2, -0.15) is 10.2 Å². The third kappa shape index (κ3) is 22.8. The van der Waals surface area contributed by atoms with Gasteiger partial charge in [-0.1, -0.05) is 155 Å². The number of esters is 3. The van der Waals surface area contributed by atoms with Gasteiger partial charge in [-0.3, -0.25) is 15.0 Å². The normalized spacial score (nSPS) is 12.7. The number of benzene rings is 5. The maximum absolute atomic E-state index is 13.2. The smallest absolute Gasteiger partial charge is 0.350 e. The summed E-state index contributed by atoms with van der Waals surface area (Å²) < 4.78 is 22.4. The number of rotatable bonds is 37. The average molecular weight is 1080 g/mol. The molecule has 1 aliphatic rings. The number of unbranched alkanes of at least 4 members (excludes halogenated alkanes) is 22.